The van der Waals surface area contributed by atoms with Gasteiger partial charge >= 0.3 is 0 Å². The SMILES string of the molecule is O=C1CC(C(=O)NCC2(N3CCCCC3)CCOCC2)c2ccccc2N1. The van der Waals surface area contributed by atoms with E-state index in [-0.39, 0.29) is 23.8 Å². The number of piperidine rings is 1. The van der Waals surface area contributed by atoms with Crippen LogP contribution in [-0.2, 0) is 14.3 Å². The zero-order chi connectivity index (χ0) is 18.7. The number of rotatable bonds is 4. The van der Waals surface area contributed by atoms with E-state index in [1.807, 2.05) is 24.3 Å². The van der Waals surface area contributed by atoms with Crippen molar-refractivity contribution in [3.05, 3.63) is 29.8 Å². The van der Waals surface area contributed by atoms with Crippen LogP contribution in [0.1, 0.15) is 50.0 Å². The summed E-state index contributed by atoms with van der Waals surface area (Å²) in [6.45, 7) is 4.34. The molecule has 0 radical (unpaired) electrons. The van der Waals surface area contributed by atoms with Crippen LogP contribution in [-0.4, -0.2) is 55.1 Å². The predicted molar refractivity (Wildman–Crippen MR) is 104 cm³/mol. The third-order valence-corrected chi connectivity index (χ3v) is 6.36. The summed E-state index contributed by atoms with van der Waals surface area (Å²) in [5.41, 5.74) is 1.66. The van der Waals surface area contributed by atoms with Gasteiger partial charge in [0.2, 0.25) is 11.8 Å². The van der Waals surface area contributed by atoms with Crippen LogP contribution < -0.4 is 10.6 Å². The maximum absolute atomic E-state index is 13.0. The maximum atomic E-state index is 13.0. The number of anilines is 1. The third-order valence-electron chi connectivity index (χ3n) is 6.36. The fraction of sp³-hybridized carbons (Fsp3) is 0.619. The smallest absolute Gasteiger partial charge is 0.228 e. The lowest BCUT2D eigenvalue weighted by Gasteiger charge is -2.48. The molecule has 0 saturated carbocycles. The number of nitrogens with zero attached hydrogens (tertiary/aromatic N) is 1. The fourth-order valence-electron chi connectivity index (χ4n) is 4.74. The molecule has 6 heteroatoms. The van der Waals surface area contributed by atoms with Crippen molar-refractivity contribution in [3.63, 3.8) is 0 Å². The van der Waals surface area contributed by atoms with Crippen LogP contribution in [0.2, 0.25) is 0 Å². The van der Waals surface area contributed by atoms with Gasteiger partial charge in [-0.25, -0.2) is 0 Å². The molecule has 3 heterocycles. The van der Waals surface area contributed by atoms with Crippen molar-refractivity contribution in [2.24, 2.45) is 0 Å². The number of amides is 2. The molecule has 2 N–H and O–H groups in total. The van der Waals surface area contributed by atoms with Crippen LogP contribution in [0.3, 0.4) is 0 Å². The Kier molecular flexibility index (Phi) is 5.45. The highest BCUT2D eigenvalue weighted by Gasteiger charge is 2.40. The van der Waals surface area contributed by atoms with Crippen LogP contribution in [0.5, 0.6) is 0 Å². The van der Waals surface area contributed by atoms with Crippen LogP contribution in [0, 0.1) is 0 Å². The van der Waals surface area contributed by atoms with Gasteiger partial charge in [0.15, 0.2) is 0 Å². The molecule has 146 valence electrons. The molecular weight excluding hydrogens is 342 g/mol. The van der Waals surface area contributed by atoms with E-state index in [9.17, 15) is 9.59 Å². The van der Waals surface area contributed by atoms with Gasteiger partial charge < -0.3 is 15.4 Å². The van der Waals surface area contributed by atoms with Crippen molar-refractivity contribution >= 4 is 17.5 Å². The van der Waals surface area contributed by atoms with Crippen LogP contribution in [0.25, 0.3) is 0 Å². The van der Waals surface area contributed by atoms with Gasteiger partial charge in [0.1, 0.15) is 0 Å². The number of hydrogen-bond donors (Lipinski definition) is 2. The Hall–Kier alpha value is -1.92. The summed E-state index contributed by atoms with van der Waals surface area (Å²) >= 11 is 0. The van der Waals surface area contributed by atoms with Crippen LogP contribution >= 0.6 is 0 Å². The number of likely N-dealkylation sites (tertiary alicyclic amines) is 1. The van der Waals surface area contributed by atoms with E-state index < -0.39 is 5.92 Å². The van der Waals surface area contributed by atoms with E-state index >= 15 is 0 Å². The van der Waals surface area contributed by atoms with Crippen molar-refractivity contribution in [2.45, 2.75) is 50.0 Å². The molecule has 0 aromatic heterocycles. The van der Waals surface area contributed by atoms with Gasteiger partial charge in [-0.2, -0.15) is 0 Å². The molecule has 27 heavy (non-hydrogen) atoms. The molecule has 6 nitrogen and oxygen atoms in total. The summed E-state index contributed by atoms with van der Waals surface area (Å²) in [6, 6.07) is 7.60. The van der Waals surface area contributed by atoms with Crippen molar-refractivity contribution < 1.29 is 14.3 Å². The topological polar surface area (TPSA) is 70.7 Å². The van der Waals surface area contributed by atoms with Crippen LogP contribution in [0.4, 0.5) is 5.69 Å². The summed E-state index contributed by atoms with van der Waals surface area (Å²) in [5.74, 6) is -0.543. The van der Waals surface area contributed by atoms with E-state index in [1.165, 1.54) is 19.3 Å². The fourth-order valence-corrected chi connectivity index (χ4v) is 4.74. The second-order valence-corrected chi connectivity index (χ2v) is 7.99. The number of nitrogens with one attached hydrogen (secondary N) is 2. The number of ether oxygens (including phenoxy) is 1. The number of carbonyl (C=O) groups is 2. The Bertz CT molecular complexity index is 694. The minimum atomic E-state index is -0.409. The Morgan fingerprint density at radius 2 is 1.93 bits per heavy atom. The zero-order valence-corrected chi connectivity index (χ0v) is 15.8. The highest BCUT2D eigenvalue weighted by Crippen LogP contribution is 2.33. The van der Waals surface area contributed by atoms with Gasteiger partial charge in [-0.15, -0.1) is 0 Å². The quantitative estimate of drug-likeness (QED) is 0.852. The molecule has 0 bridgehead atoms. The molecule has 3 aliphatic heterocycles. The van der Waals surface area contributed by atoms with E-state index in [0.717, 1.165) is 50.4 Å². The molecule has 1 aromatic rings. The minimum Gasteiger partial charge on any atom is -0.381 e. The van der Waals surface area contributed by atoms with Gasteiger partial charge in [-0.1, -0.05) is 24.6 Å². The number of fused-ring (bicyclic) bond motifs is 1. The number of para-hydroxylation sites is 1. The molecule has 2 amide bonds. The summed E-state index contributed by atoms with van der Waals surface area (Å²) in [6.07, 6.45) is 5.87. The van der Waals surface area contributed by atoms with Gasteiger partial charge in [-0.05, 0) is 50.4 Å². The lowest BCUT2D eigenvalue weighted by atomic mass is 9.85. The molecule has 1 aromatic carbocycles. The first kappa shape index (κ1) is 18.4. The van der Waals surface area contributed by atoms with Crippen LogP contribution in [0.15, 0.2) is 24.3 Å². The van der Waals surface area contributed by atoms with E-state index in [0.29, 0.717) is 6.54 Å². The molecule has 0 aliphatic carbocycles. The van der Waals surface area contributed by atoms with E-state index in [4.69, 9.17) is 4.74 Å². The molecule has 4 rings (SSSR count). The van der Waals surface area contributed by atoms with Crippen molar-refractivity contribution in [1.82, 2.24) is 10.2 Å². The third kappa shape index (κ3) is 3.87. The van der Waals surface area contributed by atoms with Gasteiger partial charge in [-0.3, -0.25) is 14.5 Å². The number of benzene rings is 1. The van der Waals surface area contributed by atoms with Crippen molar-refractivity contribution in [1.29, 1.82) is 0 Å². The predicted octanol–water partition coefficient (Wildman–Crippen LogP) is 2.26. The first-order valence-electron chi connectivity index (χ1n) is 10.2. The molecule has 2 saturated heterocycles. The molecule has 1 atom stereocenters. The van der Waals surface area contributed by atoms with Crippen molar-refractivity contribution in [2.75, 3.05) is 38.2 Å². The van der Waals surface area contributed by atoms with Gasteiger partial charge in [0, 0.05) is 37.4 Å². The standard InChI is InChI=1S/C21H29N3O3/c25-19-14-17(16-6-2-3-7-18(16)23-19)20(26)22-15-21(8-12-27-13-9-21)24-10-4-1-5-11-24/h2-3,6-7,17H,1,4-5,8-15H2,(H,22,26)(H,23,25). The summed E-state index contributed by atoms with van der Waals surface area (Å²) in [4.78, 5) is 27.6. The molecule has 0 spiro atoms. The lowest BCUT2D eigenvalue weighted by Crippen LogP contribution is -2.60. The highest BCUT2D eigenvalue weighted by molar-refractivity contribution is 6.01. The Balaban J connectivity index is 1.48. The average Bonchev–Trinajstić information content (AvgIpc) is 2.72. The second kappa shape index (κ2) is 7.98. The maximum Gasteiger partial charge on any atom is 0.228 e. The molecular formula is C21H29N3O3. The summed E-state index contributed by atoms with van der Waals surface area (Å²) < 4.78 is 5.61. The number of carbonyl (C=O) groups excluding carboxylic acids is 2. The Morgan fingerprint density at radius 3 is 2.70 bits per heavy atom. The zero-order valence-electron chi connectivity index (χ0n) is 15.8. The average molecular weight is 371 g/mol. The Morgan fingerprint density at radius 1 is 1.19 bits per heavy atom. The van der Waals surface area contributed by atoms with E-state index in [2.05, 4.69) is 15.5 Å². The summed E-state index contributed by atoms with van der Waals surface area (Å²) in [5, 5.41) is 6.07. The van der Waals surface area contributed by atoms with Gasteiger partial charge in [0.05, 0.1) is 5.92 Å². The normalized spacial score (nSPS) is 25.3. The largest absolute Gasteiger partial charge is 0.381 e. The van der Waals surface area contributed by atoms with Crippen molar-refractivity contribution in [3.8, 4) is 0 Å². The summed E-state index contributed by atoms with van der Waals surface area (Å²) in [7, 11) is 0. The van der Waals surface area contributed by atoms with E-state index in [1.54, 1.807) is 0 Å². The molecule has 3 aliphatic rings. The number of hydrogen-bond acceptors (Lipinski definition) is 4. The Labute approximate surface area is 160 Å². The minimum absolute atomic E-state index is 0.00915. The highest BCUT2D eigenvalue weighted by atomic mass is 16.5. The van der Waals surface area contributed by atoms with Gasteiger partial charge in [0.25, 0.3) is 0 Å². The molecule has 1 unspecified atom stereocenters. The first-order chi connectivity index (χ1) is 13.2. The second-order valence-electron chi connectivity index (χ2n) is 7.99. The molecule has 2 fully saturated rings. The lowest BCUT2D eigenvalue weighted by molar-refractivity contribution is -0.127. The first-order valence-corrected chi connectivity index (χ1v) is 10.2. The monoisotopic (exact) mass is 371 g/mol.